The summed E-state index contributed by atoms with van der Waals surface area (Å²) in [5.41, 5.74) is 1.39. The molecular formula is C24H17F2NO4. The van der Waals surface area contributed by atoms with E-state index in [2.05, 4.69) is 4.99 Å². The van der Waals surface area contributed by atoms with Gasteiger partial charge in [0.05, 0.1) is 12.7 Å². The average molecular weight is 421 g/mol. The van der Waals surface area contributed by atoms with Crippen molar-refractivity contribution < 1.29 is 27.8 Å². The van der Waals surface area contributed by atoms with Crippen LogP contribution in [0.2, 0.25) is 0 Å². The molecule has 0 saturated carbocycles. The van der Waals surface area contributed by atoms with Gasteiger partial charge in [-0.2, -0.15) is 0 Å². The molecule has 0 atom stereocenters. The zero-order valence-electron chi connectivity index (χ0n) is 16.5. The van der Waals surface area contributed by atoms with Crippen LogP contribution in [0.25, 0.3) is 6.08 Å². The van der Waals surface area contributed by atoms with Gasteiger partial charge in [-0.3, -0.25) is 0 Å². The molecule has 0 saturated heterocycles. The van der Waals surface area contributed by atoms with Crippen molar-refractivity contribution in [3.63, 3.8) is 0 Å². The number of cyclic esters (lactones) is 1. The standard InChI is InChI=1S/C24H17F2NO4/c1-29-21-10-9-15(13-22(21)30-14-16-5-4-6-17(25)11-16)12-20-24(28)31-23(27-20)18-7-2-3-8-19(18)26/h2-13H,14H2,1H3. The van der Waals surface area contributed by atoms with E-state index in [-0.39, 0.29) is 29.6 Å². The normalized spacial score (nSPS) is 14.4. The van der Waals surface area contributed by atoms with Crippen LogP contribution >= 0.6 is 0 Å². The van der Waals surface area contributed by atoms with Crippen LogP contribution in [0.4, 0.5) is 8.78 Å². The van der Waals surface area contributed by atoms with Crippen molar-refractivity contribution in [2.75, 3.05) is 7.11 Å². The summed E-state index contributed by atoms with van der Waals surface area (Å²) in [4.78, 5) is 16.3. The van der Waals surface area contributed by atoms with Crippen molar-refractivity contribution in [2.45, 2.75) is 6.61 Å². The quantitative estimate of drug-likeness (QED) is 0.420. The number of rotatable bonds is 6. The van der Waals surface area contributed by atoms with Gasteiger partial charge in [0, 0.05) is 0 Å². The summed E-state index contributed by atoms with van der Waals surface area (Å²) in [7, 11) is 1.50. The third-order valence-corrected chi connectivity index (χ3v) is 4.50. The molecule has 3 aromatic carbocycles. The van der Waals surface area contributed by atoms with Crippen LogP contribution in [0.15, 0.2) is 77.4 Å². The zero-order chi connectivity index (χ0) is 21.8. The van der Waals surface area contributed by atoms with E-state index in [1.54, 1.807) is 36.4 Å². The van der Waals surface area contributed by atoms with Gasteiger partial charge in [-0.1, -0.05) is 30.3 Å². The minimum Gasteiger partial charge on any atom is -0.493 e. The Kier molecular flexibility index (Phi) is 5.75. The molecule has 3 aromatic rings. The number of nitrogens with zero attached hydrogens (tertiary/aromatic N) is 1. The summed E-state index contributed by atoms with van der Waals surface area (Å²) < 4.78 is 43.6. The Morgan fingerprint density at radius 3 is 2.61 bits per heavy atom. The van der Waals surface area contributed by atoms with E-state index in [9.17, 15) is 13.6 Å². The topological polar surface area (TPSA) is 57.1 Å². The fourth-order valence-electron chi connectivity index (χ4n) is 3.00. The molecule has 0 N–H and O–H groups in total. The molecule has 0 amide bonds. The summed E-state index contributed by atoms with van der Waals surface area (Å²) >= 11 is 0. The van der Waals surface area contributed by atoms with E-state index >= 15 is 0 Å². The Bertz CT molecular complexity index is 1200. The highest BCUT2D eigenvalue weighted by molar-refractivity contribution is 6.12. The molecule has 7 heteroatoms. The second kappa shape index (κ2) is 8.79. The van der Waals surface area contributed by atoms with E-state index in [1.165, 1.54) is 43.5 Å². The molecule has 0 radical (unpaired) electrons. The number of ether oxygens (including phenoxy) is 3. The Labute approximate surface area is 177 Å². The second-order valence-electron chi connectivity index (χ2n) is 6.64. The Morgan fingerprint density at radius 2 is 1.84 bits per heavy atom. The van der Waals surface area contributed by atoms with Gasteiger partial charge in [-0.25, -0.2) is 18.6 Å². The predicted octanol–water partition coefficient (Wildman–Crippen LogP) is 4.90. The molecule has 0 fully saturated rings. The first-order valence-corrected chi connectivity index (χ1v) is 9.36. The van der Waals surface area contributed by atoms with Gasteiger partial charge in [-0.15, -0.1) is 0 Å². The van der Waals surface area contributed by atoms with Crippen LogP contribution in [0, 0.1) is 11.6 Å². The Balaban J connectivity index is 1.59. The maximum Gasteiger partial charge on any atom is 0.363 e. The number of carbonyl (C=O) groups excluding carboxylic acids is 1. The van der Waals surface area contributed by atoms with Gasteiger partial charge in [0.2, 0.25) is 5.90 Å². The molecule has 1 heterocycles. The summed E-state index contributed by atoms with van der Waals surface area (Å²) in [6.07, 6.45) is 1.50. The maximum absolute atomic E-state index is 14.0. The molecular weight excluding hydrogens is 404 g/mol. The van der Waals surface area contributed by atoms with Crippen molar-refractivity contribution in [2.24, 2.45) is 4.99 Å². The summed E-state index contributed by atoms with van der Waals surface area (Å²) in [5, 5.41) is 0. The first-order chi connectivity index (χ1) is 15.0. The monoisotopic (exact) mass is 421 g/mol. The van der Waals surface area contributed by atoms with Crippen LogP contribution in [-0.2, 0) is 16.1 Å². The summed E-state index contributed by atoms with van der Waals surface area (Å²) in [6, 6.07) is 17.0. The van der Waals surface area contributed by atoms with Gasteiger partial charge in [0.1, 0.15) is 18.2 Å². The van der Waals surface area contributed by atoms with Crippen molar-refractivity contribution in [1.29, 1.82) is 0 Å². The van der Waals surface area contributed by atoms with Gasteiger partial charge in [0.25, 0.3) is 0 Å². The first kappa shape index (κ1) is 20.3. The third-order valence-electron chi connectivity index (χ3n) is 4.50. The minimum absolute atomic E-state index is 0.0273. The van der Waals surface area contributed by atoms with Crippen LogP contribution in [0.3, 0.4) is 0 Å². The van der Waals surface area contributed by atoms with Gasteiger partial charge < -0.3 is 14.2 Å². The van der Waals surface area contributed by atoms with Crippen LogP contribution < -0.4 is 9.47 Å². The highest BCUT2D eigenvalue weighted by Crippen LogP contribution is 2.30. The number of methoxy groups -OCH3 is 1. The molecule has 156 valence electrons. The highest BCUT2D eigenvalue weighted by atomic mass is 19.1. The van der Waals surface area contributed by atoms with Gasteiger partial charge in [-0.05, 0) is 53.6 Å². The van der Waals surface area contributed by atoms with Crippen LogP contribution in [0.5, 0.6) is 11.5 Å². The Morgan fingerprint density at radius 1 is 1.00 bits per heavy atom. The highest BCUT2D eigenvalue weighted by Gasteiger charge is 2.26. The largest absolute Gasteiger partial charge is 0.493 e. The Hall–Kier alpha value is -4.00. The average Bonchev–Trinajstić information content (AvgIpc) is 3.12. The molecule has 31 heavy (non-hydrogen) atoms. The smallest absolute Gasteiger partial charge is 0.363 e. The number of hydrogen-bond acceptors (Lipinski definition) is 5. The molecule has 0 bridgehead atoms. The first-order valence-electron chi connectivity index (χ1n) is 9.36. The number of aliphatic imine (C=N–C) groups is 1. The van der Waals surface area contributed by atoms with Crippen LogP contribution in [0.1, 0.15) is 16.7 Å². The molecule has 4 rings (SSSR count). The lowest BCUT2D eigenvalue weighted by Gasteiger charge is -2.11. The van der Waals surface area contributed by atoms with E-state index in [0.29, 0.717) is 22.6 Å². The minimum atomic E-state index is -0.684. The number of halogens is 2. The van der Waals surface area contributed by atoms with Crippen molar-refractivity contribution in [3.8, 4) is 11.5 Å². The molecule has 0 aromatic heterocycles. The summed E-state index contributed by atoms with van der Waals surface area (Å²) in [5.74, 6) is -0.779. The molecule has 5 nitrogen and oxygen atoms in total. The number of esters is 1. The van der Waals surface area contributed by atoms with E-state index < -0.39 is 11.8 Å². The summed E-state index contributed by atoms with van der Waals surface area (Å²) in [6.45, 7) is 0.131. The molecule has 0 aliphatic carbocycles. The van der Waals surface area contributed by atoms with E-state index in [0.717, 1.165) is 0 Å². The van der Waals surface area contributed by atoms with Crippen molar-refractivity contribution >= 4 is 17.9 Å². The van der Waals surface area contributed by atoms with Gasteiger partial charge in [0.15, 0.2) is 17.2 Å². The third kappa shape index (κ3) is 4.61. The molecule has 1 aliphatic heterocycles. The fraction of sp³-hybridized carbons (Fsp3) is 0.0833. The van der Waals surface area contributed by atoms with Crippen molar-refractivity contribution in [3.05, 3.63) is 101 Å². The fourth-order valence-corrected chi connectivity index (χ4v) is 3.00. The zero-order valence-corrected chi connectivity index (χ0v) is 16.5. The van der Waals surface area contributed by atoms with Crippen LogP contribution in [-0.4, -0.2) is 19.0 Å². The lowest BCUT2D eigenvalue weighted by molar-refractivity contribution is -0.129. The van der Waals surface area contributed by atoms with Gasteiger partial charge >= 0.3 is 5.97 Å². The van der Waals surface area contributed by atoms with Crippen molar-refractivity contribution in [1.82, 2.24) is 0 Å². The number of hydrogen-bond donors (Lipinski definition) is 0. The van der Waals surface area contributed by atoms with E-state index in [4.69, 9.17) is 14.2 Å². The van der Waals surface area contributed by atoms with E-state index in [1.807, 2.05) is 0 Å². The number of carbonyl (C=O) groups is 1. The predicted molar refractivity (Wildman–Crippen MR) is 111 cm³/mol. The molecule has 0 unspecified atom stereocenters. The molecule has 0 spiro atoms. The SMILES string of the molecule is COc1ccc(C=C2N=C(c3ccccc3F)OC2=O)cc1OCc1cccc(F)c1. The number of benzene rings is 3. The second-order valence-corrected chi connectivity index (χ2v) is 6.64. The lowest BCUT2D eigenvalue weighted by atomic mass is 10.1. The lowest BCUT2D eigenvalue weighted by Crippen LogP contribution is -2.07. The molecule has 1 aliphatic rings. The maximum atomic E-state index is 14.0.